The Hall–Kier alpha value is -1.92. The molecule has 3 rings (SSSR count). The first-order valence-corrected chi connectivity index (χ1v) is 9.46. The third kappa shape index (κ3) is 4.80. The van der Waals surface area contributed by atoms with Crippen molar-refractivity contribution in [3.63, 3.8) is 0 Å². The number of rotatable bonds is 4. The predicted octanol–water partition coefficient (Wildman–Crippen LogP) is 3.18. The summed E-state index contributed by atoms with van der Waals surface area (Å²) in [7, 11) is 0. The van der Waals surface area contributed by atoms with Crippen LogP contribution in [0, 0.1) is 6.92 Å². The predicted molar refractivity (Wildman–Crippen MR) is 99.5 cm³/mol. The molecule has 1 saturated heterocycles. The number of hydrogen-bond acceptors (Lipinski definition) is 5. The van der Waals surface area contributed by atoms with Crippen LogP contribution in [0.3, 0.4) is 0 Å². The van der Waals surface area contributed by atoms with Crippen LogP contribution in [0.1, 0.15) is 19.4 Å². The Labute approximate surface area is 152 Å². The minimum Gasteiger partial charge on any atom is -0.372 e. The van der Waals surface area contributed by atoms with Gasteiger partial charge in [0.2, 0.25) is 5.91 Å². The average Bonchev–Trinajstić information content (AvgIpc) is 2.60. The Bertz CT molecular complexity index is 708. The number of aryl methyl sites for hydroxylation is 1. The lowest BCUT2D eigenvalue weighted by molar-refractivity contribution is -0.140. The highest BCUT2D eigenvalue weighted by Gasteiger charge is 2.25. The van der Waals surface area contributed by atoms with Crippen molar-refractivity contribution in [2.45, 2.75) is 38.0 Å². The van der Waals surface area contributed by atoms with E-state index in [0.717, 1.165) is 16.3 Å². The van der Waals surface area contributed by atoms with Crippen LogP contribution >= 0.6 is 11.8 Å². The molecular weight excluding hydrogens is 334 g/mol. The number of morpholine rings is 1. The van der Waals surface area contributed by atoms with Gasteiger partial charge in [-0.05, 0) is 32.9 Å². The van der Waals surface area contributed by atoms with E-state index in [0.29, 0.717) is 18.8 Å². The molecule has 1 aliphatic heterocycles. The van der Waals surface area contributed by atoms with Gasteiger partial charge in [-0.3, -0.25) is 4.79 Å². The fraction of sp³-hybridized carbons (Fsp3) is 0.421. The summed E-state index contributed by atoms with van der Waals surface area (Å²) in [5.74, 6) is 0.495. The number of aromatic nitrogens is 2. The molecule has 2 atom stereocenters. The van der Waals surface area contributed by atoms with Crippen molar-refractivity contribution in [3.05, 3.63) is 42.0 Å². The van der Waals surface area contributed by atoms with Gasteiger partial charge in [0.05, 0.1) is 23.7 Å². The maximum Gasteiger partial charge on any atom is 0.233 e. The van der Waals surface area contributed by atoms with Crippen LogP contribution in [0.25, 0.3) is 11.3 Å². The molecular formula is C19H23N3O2S. The third-order valence-corrected chi connectivity index (χ3v) is 5.01. The fourth-order valence-corrected chi connectivity index (χ4v) is 3.60. The van der Waals surface area contributed by atoms with Crippen LogP contribution in [0.4, 0.5) is 0 Å². The van der Waals surface area contributed by atoms with Gasteiger partial charge in [0.1, 0.15) is 5.03 Å². The molecule has 2 aromatic rings. The van der Waals surface area contributed by atoms with E-state index < -0.39 is 0 Å². The molecule has 0 N–H and O–H groups in total. The maximum atomic E-state index is 12.4. The zero-order chi connectivity index (χ0) is 17.8. The van der Waals surface area contributed by atoms with E-state index >= 15 is 0 Å². The summed E-state index contributed by atoms with van der Waals surface area (Å²) in [6.45, 7) is 7.36. The summed E-state index contributed by atoms with van der Waals surface area (Å²) >= 11 is 1.43. The van der Waals surface area contributed by atoms with Crippen molar-refractivity contribution < 1.29 is 9.53 Å². The molecule has 0 saturated carbocycles. The third-order valence-electron chi connectivity index (χ3n) is 4.10. The Morgan fingerprint density at radius 2 is 1.80 bits per heavy atom. The van der Waals surface area contributed by atoms with E-state index in [2.05, 4.69) is 29.3 Å². The molecule has 0 radical (unpaired) electrons. The summed E-state index contributed by atoms with van der Waals surface area (Å²) in [5, 5.41) is 9.28. The lowest BCUT2D eigenvalue weighted by Gasteiger charge is -2.35. The molecule has 0 aliphatic carbocycles. The molecule has 1 aliphatic rings. The number of thioether (sulfide) groups is 1. The smallest absolute Gasteiger partial charge is 0.233 e. The second-order valence-electron chi connectivity index (χ2n) is 6.47. The first-order chi connectivity index (χ1) is 12.0. The van der Waals surface area contributed by atoms with Gasteiger partial charge in [0.15, 0.2) is 0 Å². The van der Waals surface area contributed by atoms with Gasteiger partial charge < -0.3 is 9.64 Å². The van der Waals surface area contributed by atoms with Crippen molar-refractivity contribution in [3.8, 4) is 11.3 Å². The van der Waals surface area contributed by atoms with Crippen LogP contribution in [0.2, 0.25) is 0 Å². The molecule has 1 fully saturated rings. The van der Waals surface area contributed by atoms with E-state index in [1.54, 1.807) is 0 Å². The molecule has 5 nitrogen and oxygen atoms in total. The maximum absolute atomic E-state index is 12.4. The Morgan fingerprint density at radius 3 is 2.40 bits per heavy atom. The van der Waals surface area contributed by atoms with Crippen molar-refractivity contribution >= 4 is 17.7 Å². The first kappa shape index (κ1) is 17.9. The minimum absolute atomic E-state index is 0.0892. The standard InChI is InChI=1S/C19H23N3O2S/c1-13-4-6-16(7-5-13)17-8-9-18(21-20-17)25-12-19(23)22-10-14(2)24-15(3)11-22/h4-9,14-15H,10-12H2,1-3H3. The number of ether oxygens (including phenoxy) is 1. The quantitative estimate of drug-likeness (QED) is 0.787. The van der Waals surface area contributed by atoms with Gasteiger partial charge >= 0.3 is 0 Å². The van der Waals surface area contributed by atoms with Crippen molar-refractivity contribution in [2.75, 3.05) is 18.8 Å². The molecule has 0 spiro atoms. The average molecular weight is 357 g/mol. The highest BCUT2D eigenvalue weighted by Crippen LogP contribution is 2.21. The minimum atomic E-state index is 0.0892. The van der Waals surface area contributed by atoms with Crippen LogP contribution in [-0.2, 0) is 9.53 Å². The van der Waals surface area contributed by atoms with Crippen LogP contribution in [0.15, 0.2) is 41.4 Å². The molecule has 2 unspecified atom stereocenters. The zero-order valence-corrected chi connectivity index (χ0v) is 15.6. The fourth-order valence-electron chi connectivity index (χ4n) is 2.88. The van der Waals surface area contributed by atoms with Crippen molar-refractivity contribution in [2.24, 2.45) is 0 Å². The number of amides is 1. The van der Waals surface area contributed by atoms with Gasteiger partial charge in [0, 0.05) is 18.7 Å². The van der Waals surface area contributed by atoms with Crippen LogP contribution < -0.4 is 0 Å². The van der Waals surface area contributed by atoms with E-state index in [4.69, 9.17) is 4.74 Å². The number of carbonyl (C=O) groups is 1. The molecule has 1 aromatic carbocycles. The summed E-state index contributed by atoms with van der Waals surface area (Å²) < 4.78 is 5.67. The van der Waals surface area contributed by atoms with E-state index in [1.807, 2.05) is 43.0 Å². The van der Waals surface area contributed by atoms with E-state index in [-0.39, 0.29) is 18.1 Å². The second-order valence-corrected chi connectivity index (χ2v) is 7.46. The summed E-state index contributed by atoms with van der Waals surface area (Å²) in [6.07, 6.45) is 0.178. The monoisotopic (exact) mass is 357 g/mol. The second kappa shape index (κ2) is 7.97. The van der Waals surface area contributed by atoms with Crippen LogP contribution in [-0.4, -0.2) is 52.1 Å². The molecule has 1 amide bonds. The first-order valence-electron chi connectivity index (χ1n) is 8.48. The van der Waals surface area contributed by atoms with E-state index in [9.17, 15) is 4.79 Å². The van der Waals surface area contributed by atoms with Crippen LogP contribution in [0.5, 0.6) is 0 Å². The Balaban J connectivity index is 1.56. The van der Waals surface area contributed by atoms with Gasteiger partial charge in [-0.2, -0.15) is 0 Å². The number of nitrogens with zero attached hydrogens (tertiary/aromatic N) is 3. The number of hydrogen-bond donors (Lipinski definition) is 0. The molecule has 1 aromatic heterocycles. The highest BCUT2D eigenvalue weighted by atomic mass is 32.2. The van der Waals surface area contributed by atoms with Crippen molar-refractivity contribution in [1.82, 2.24) is 15.1 Å². The molecule has 6 heteroatoms. The SMILES string of the molecule is Cc1ccc(-c2ccc(SCC(=O)N3CC(C)OC(C)C3)nn2)cc1. The Morgan fingerprint density at radius 1 is 1.12 bits per heavy atom. The molecule has 2 heterocycles. The van der Waals surface area contributed by atoms with Gasteiger partial charge in [-0.1, -0.05) is 41.6 Å². The van der Waals surface area contributed by atoms with E-state index in [1.165, 1.54) is 17.3 Å². The van der Waals surface area contributed by atoms with Gasteiger partial charge in [-0.15, -0.1) is 10.2 Å². The van der Waals surface area contributed by atoms with Crippen molar-refractivity contribution in [1.29, 1.82) is 0 Å². The van der Waals surface area contributed by atoms with Gasteiger partial charge in [-0.25, -0.2) is 0 Å². The molecule has 0 bridgehead atoms. The summed E-state index contributed by atoms with van der Waals surface area (Å²) in [6, 6.07) is 12.1. The Kier molecular flexibility index (Phi) is 5.71. The lowest BCUT2D eigenvalue weighted by atomic mass is 10.1. The highest BCUT2D eigenvalue weighted by molar-refractivity contribution is 7.99. The van der Waals surface area contributed by atoms with Gasteiger partial charge in [0.25, 0.3) is 0 Å². The lowest BCUT2D eigenvalue weighted by Crippen LogP contribution is -2.48. The molecule has 132 valence electrons. The normalized spacial score (nSPS) is 20.5. The number of benzene rings is 1. The zero-order valence-electron chi connectivity index (χ0n) is 14.8. The topological polar surface area (TPSA) is 55.3 Å². The summed E-state index contributed by atoms with van der Waals surface area (Å²) in [4.78, 5) is 14.3. The number of carbonyl (C=O) groups excluding carboxylic acids is 1. The molecule has 25 heavy (non-hydrogen) atoms. The largest absolute Gasteiger partial charge is 0.372 e. The summed E-state index contributed by atoms with van der Waals surface area (Å²) in [5.41, 5.74) is 3.10.